The summed E-state index contributed by atoms with van der Waals surface area (Å²) in [5.74, 6) is 0.132. The highest BCUT2D eigenvalue weighted by atomic mass is 32.1. The zero-order valence-electron chi connectivity index (χ0n) is 14.7. The van der Waals surface area contributed by atoms with Crippen molar-refractivity contribution >= 4 is 33.2 Å². The van der Waals surface area contributed by atoms with Gasteiger partial charge in [0.25, 0.3) is 5.91 Å². The fraction of sp³-hybridized carbons (Fsp3) is 0.250. The molecule has 0 bridgehead atoms. The maximum Gasteiger partial charge on any atom is 0.279 e. The number of rotatable bonds is 3. The number of aryl methyl sites for hydroxylation is 1. The van der Waals surface area contributed by atoms with Crippen molar-refractivity contribution in [3.05, 3.63) is 64.0 Å². The molecule has 5 heteroatoms. The summed E-state index contributed by atoms with van der Waals surface area (Å²) in [6, 6.07) is 13.0. The summed E-state index contributed by atoms with van der Waals surface area (Å²) in [7, 11) is 1.92. The number of amides is 1. The molecule has 0 saturated heterocycles. The molecule has 0 unspecified atom stereocenters. The van der Waals surface area contributed by atoms with Crippen LogP contribution >= 0.6 is 11.3 Å². The Kier molecular flexibility index (Phi) is 4.68. The van der Waals surface area contributed by atoms with Crippen LogP contribution in [0, 0.1) is 0 Å². The van der Waals surface area contributed by atoms with E-state index in [-0.39, 0.29) is 11.7 Å². The Morgan fingerprint density at radius 2 is 1.68 bits per heavy atom. The van der Waals surface area contributed by atoms with Gasteiger partial charge >= 0.3 is 0 Å². The Balaban J connectivity index is 2.01. The molecular formula is C20H20N2O2S. The van der Waals surface area contributed by atoms with Crippen LogP contribution in [0.2, 0.25) is 0 Å². The molecule has 0 aliphatic carbocycles. The zero-order valence-corrected chi connectivity index (χ0v) is 15.6. The average Bonchev–Trinajstić information content (AvgIpc) is 2.90. The first-order chi connectivity index (χ1) is 11.9. The minimum atomic E-state index is -0.304. The van der Waals surface area contributed by atoms with Gasteiger partial charge in [0, 0.05) is 18.2 Å². The van der Waals surface area contributed by atoms with E-state index in [9.17, 15) is 9.59 Å². The number of fused-ring (bicyclic) bond motifs is 1. The van der Waals surface area contributed by atoms with Crippen LogP contribution in [-0.4, -0.2) is 16.3 Å². The van der Waals surface area contributed by atoms with Crippen LogP contribution < -0.4 is 4.80 Å². The summed E-state index contributed by atoms with van der Waals surface area (Å²) in [6.07, 6.45) is 0. The van der Waals surface area contributed by atoms with Gasteiger partial charge in [0.15, 0.2) is 10.6 Å². The summed E-state index contributed by atoms with van der Waals surface area (Å²) in [4.78, 5) is 28.7. The molecule has 3 aromatic rings. The van der Waals surface area contributed by atoms with E-state index >= 15 is 0 Å². The second kappa shape index (κ2) is 6.76. The Morgan fingerprint density at radius 1 is 1.04 bits per heavy atom. The first-order valence-corrected chi connectivity index (χ1v) is 8.98. The van der Waals surface area contributed by atoms with Crippen molar-refractivity contribution < 1.29 is 9.59 Å². The SMILES string of the molecule is CC(=O)c1ccc(C(=O)N=c2sc3cc(C(C)C)ccc3n2C)cc1. The Hall–Kier alpha value is -2.53. The van der Waals surface area contributed by atoms with Crippen LogP contribution in [0.15, 0.2) is 47.5 Å². The molecule has 0 aliphatic heterocycles. The van der Waals surface area contributed by atoms with Gasteiger partial charge in [-0.05, 0) is 42.7 Å². The number of benzene rings is 2. The number of nitrogens with zero attached hydrogens (tertiary/aromatic N) is 2. The summed E-state index contributed by atoms with van der Waals surface area (Å²) in [5, 5.41) is 0. The highest BCUT2D eigenvalue weighted by Crippen LogP contribution is 2.23. The first kappa shape index (κ1) is 17.3. The molecule has 0 N–H and O–H groups in total. The molecule has 0 spiro atoms. The minimum Gasteiger partial charge on any atom is -0.319 e. The van der Waals surface area contributed by atoms with Gasteiger partial charge in [0.05, 0.1) is 10.2 Å². The van der Waals surface area contributed by atoms with E-state index in [1.807, 2.05) is 11.6 Å². The van der Waals surface area contributed by atoms with Crippen LogP contribution in [0.25, 0.3) is 10.2 Å². The summed E-state index contributed by atoms with van der Waals surface area (Å²) >= 11 is 1.51. The number of carbonyl (C=O) groups is 2. The Labute approximate surface area is 150 Å². The number of hydrogen-bond acceptors (Lipinski definition) is 3. The lowest BCUT2D eigenvalue weighted by Crippen LogP contribution is -2.13. The maximum absolute atomic E-state index is 12.4. The van der Waals surface area contributed by atoms with Gasteiger partial charge in [0.1, 0.15) is 0 Å². The molecule has 2 aromatic carbocycles. The van der Waals surface area contributed by atoms with E-state index in [0.29, 0.717) is 21.8 Å². The summed E-state index contributed by atoms with van der Waals surface area (Å²) in [5.41, 5.74) is 3.40. The predicted molar refractivity (Wildman–Crippen MR) is 101 cm³/mol. The molecule has 128 valence electrons. The standard InChI is InChI=1S/C20H20N2O2S/c1-12(2)16-9-10-17-18(11-16)25-20(22(17)4)21-19(24)15-7-5-14(6-8-15)13(3)23/h5-12H,1-4H3. The van der Waals surface area contributed by atoms with Crippen molar-refractivity contribution in [2.75, 3.05) is 0 Å². The molecule has 0 atom stereocenters. The fourth-order valence-electron chi connectivity index (χ4n) is 2.62. The van der Waals surface area contributed by atoms with E-state index in [0.717, 1.165) is 10.2 Å². The van der Waals surface area contributed by atoms with E-state index in [2.05, 4.69) is 37.0 Å². The monoisotopic (exact) mass is 352 g/mol. The van der Waals surface area contributed by atoms with E-state index < -0.39 is 0 Å². The van der Waals surface area contributed by atoms with Crippen molar-refractivity contribution in [2.45, 2.75) is 26.7 Å². The fourth-order valence-corrected chi connectivity index (χ4v) is 3.68. The highest BCUT2D eigenvalue weighted by molar-refractivity contribution is 7.16. The van der Waals surface area contributed by atoms with E-state index in [4.69, 9.17) is 0 Å². The summed E-state index contributed by atoms with van der Waals surface area (Å²) in [6.45, 7) is 5.83. The summed E-state index contributed by atoms with van der Waals surface area (Å²) < 4.78 is 3.05. The van der Waals surface area contributed by atoms with Crippen LogP contribution in [0.4, 0.5) is 0 Å². The number of aromatic nitrogens is 1. The lowest BCUT2D eigenvalue weighted by molar-refractivity contribution is 0.0991. The zero-order chi connectivity index (χ0) is 18.1. The number of thiazole rings is 1. The molecule has 1 amide bonds. The molecule has 1 aromatic heterocycles. The third-order valence-corrected chi connectivity index (χ3v) is 5.33. The second-order valence-corrected chi connectivity index (χ2v) is 7.39. The van der Waals surface area contributed by atoms with Crippen molar-refractivity contribution in [2.24, 2.45) is 12.0 Å². The van der Waals surface area contributed by atoms with Gasteiger partial charge < -0.3 is 4.57 Å². The smallest absolute Gasteiger partial charge is 0.279 e. The van der Waals surface area contributed by atoms with E-state index in [1.54, 1.807) is 24.3 Å². The molecule has 0 fully saturated rings. The Morgan fingerprint density at radius 3 is 2.28 bits per heavy atom. The van der Waals surface area contributed by atoms with Gasteiger partial charge in [-0.25, -0.2) is 0 Å². The molecule has 3 rings (SSSR count). The van der Waals surface area contributed by atoms with Crippen molar-refractivity contribution in [1.82, 2.24) is 4.57 Å². The maximum atomic E-state index is 12.4. The number of hydrogen-bond donors (Lipinski definition) is 0. The van der Waals surface area contributed by atoms with Gasteiger partial charge in [-0.1, -0.05) is 43.4 Å². The van der Waals surface area contributed by atoms with Crippen molar-refractivity contribution in [3.8, 4) is 0 Å². The van der Waals surface area contributed by atoms with Crippen molar-refractivity contribution in [1.29, 1.82) is 0 Å². The first-order valence-electron chi connectivity index (χ1n) is 8.16. The topological polar surface area (TPSA) is 51.4 Å². The van der Waals surface area contributed by atoms with Crippen LogP contribution in [0.3, 0.4) is 0 Å². The van der Waals surface area contributed by atoms with Crippen molar-refractivity contribution in [3.63, 3.8) is 0 Å². The molecule has 0 saturated carbocycles. The minimum absolute atomic E-state index is 0.0206. The lowest BCUT2D eigenvalue weighted by Gasteiger charge is -2.04. The average molecular weight is 352 g/mol. The van der Waals surface area contributed by atoms with Gasteiger partial charge in [-0.3, -0.25) is 9.59 Å². The second-order valence-electron chi connectivity index (χ2n) is 6.38. The third-order valence-electron chi connectivity index (χ3n) is 4.24. The lowest BCUT2D eigenvalue weighted by atomic mass is 10.0. The van der Waals surface area contributed by atoms with Crippen LogP contribution in [0.1, 0.15) is 53.0 Å². The Bertz CT molecular complexity index is 1020. The molecular weight excluding hydrogens is 332 g/mol. The number of carbonyl (C=O) groups excluding carboxylic acids is 2. The number of ketones is 1. The van der Waals surface area contributed by atoms with Crippen LogP contribution in [-0.2, 0) is 7.05 Å². The van der Waals surface area contributed by atoms with Gasteiger partial charge in [-0.15, -0.1) is 0 Å². The molecule has 4 nitrogen and oxygen atoms in total. The normalized spacial score (nSPS) is 12.1. The number of Topliss-reactive ketones (excluding diaryl/α,β-unsaturated/α-hetero) is 1. The van der Waals surface area contributed by atoms with Crippen LogP contribution in [0.5, 0.6) is 0 Å². The largest absolute Gasteiger partial charge is 0.319 e. The molecule has 1 heterocycles. The van der Waals surface area contributed by atoms with Gasteiger partial charge in [0.2, 0.25) is 0 Å². The molecule has 25 heavy (non-hydrogen) atoms. The van der Waals surface area contributed by atoms with Gasteiger partial charge in [-0.2, -0.15) is 4.99 Å². The predicted octanol–water partition coefficient (Wildman–Crippen LogP) is 4.31. The highest BCUT2D eigenvalue weighted by Gasteiger charge is 2.09. The quantitative estimate of drug-likeness (QED) is 0.660. The third kappa shape index (κ3) is 3.46. The van der Waals surface area contributed by atoms with E-state index in [1.165, 1.54) is 23.8 Å². The molecule has 0 radical (unpaired) electrons. The molecule has 0 aliphatic rings.